The second-order valence-electron chi connectivity index (χ2n) is 4.55. The Kier molecular flexibility index (Phi) is 5.88. The lowest BCUT2D eigenvalue weighted by Crippen LogP contribution is -2.26. The molecule has 1 N–H and O–H groups in total. The SMILES string of the molecule is CCCNC(CSc1ccc(Cl)cc1)c1cnnn1C. The van der Waals surface area contributed by atoms with Crippen molar-refractivity contribution in [3.05, 3.63) is 41.2 Å². The third kappa shape index (κ3) is 4.23. The Balaban J connectivity index is 2.01. The van der Waals surface area contributed by atoms with E-state index >= 15 is 0 Å². The number of hydrogen-bond acceptors (Lipinski definition) is 4. The fraction of sp³-hybridized carbons (Fsp3) is 0.429. The van der Waals surface area contributed by atoms with E-state index in [1.165, 1.54) is 4.90 Å². The van der Waals surface area contributed by atoms with Crippen LogP contribution in [-0.2, 0) is 7.05 Å². The molecule has 0 aliphatic rings. The first kappa shape index (κ1) is 15.4. The molecule has 0 saturated heterocycles. The Labute approximate surface area is 128 Å². The van der Waals surface area contributed by atoms with Crippen molar-refractivity contribution in [3.8, 4) is 0 Å². The molecule has 108 valence electrons. The van der Waals surface area contributed by atoms with E-state index in [2.05, 4.69) is 22.6 Å². The van der Waals surface area contributed by atoms with Gasteiger partial charge in [-0.05, 0) is 37.2 Å². The number of nitrogens with zero attached hydrogens (tertiary/aromatic N) is 3. The van der Waals surface area contributed by atoms with E-state index in [4.69, 9.17) is 11.6 Å². The molecule has 1 atom stereocenters. The minimum absolute atomic E-state index is 0.246. The normalized spacial score (nSPS) is 12.6. The minimum Gasteiger partial charge on any atom is -0.308 e. The summed E-state index contributed by atoms with van der Waals surface area (Å²) in [7, 11) is 1.93. The third-order valence-corrected chi connectivity index (χ3v) is 4.34. The van der Waals surface area contributed by atoms with Gasteiger partial charge in [0.15, 0.2) is 0 Å². The number of aromatic nitrogens is 3. The van der Waals surface area contributed by atoms with Crippen molar-refractivity contribution in [2.45, 2.75) is 24.3 Å². The lowest BCUT2D eigenvalue weighted by molar-refractivity contribution is 0.532. The van der Waals surface area contributed by atoms with Crippen molar-refractivity contribution >= 4 is 23.4 Å². The van der Waals surface area contributed by atoms with Crippen LogP contribution in [0.4, 0.5) is 0 Å². The first-order valence-electron chi connectivity index (χ1n) is 6.67. The van der Waals surface area contributed by atoms with E-state index in [1.807, 2.05) is 42.2 Å². The topological polar surface area (TPSA) is 42.7 Å². The van der Waals surface area contributed by atoms with E-state index in [0.717, 1.165) is 29.4 Å². The molecule has 0 radical (unpaired) electrons. The summed E-state index contributed by atoms with van der Waals surface area (Å²) in [6.45, 7) is 3.15. The second-order valence-corrected chi connectivity index (χ2v) is 6.08. The molecule has 0 aliphatic carbocycles. The van der Waals surface area contributed by atoms with Gasteiger partial charge in [-0.1, -0.05) is 23.7 Å². The number of aryl methyl sites for hydroxylation is 1. The zero-order valence-corrected chi connectivity index (χ0v) is 13.3. The summed E-state index contributed by atoms with van der Waals surface area (Å²) < 4.78 is 1.83. The monoisotopic (exact) mass is 310 g/mol. The highest BCUT2D eigenvalue weighted by molar-refractivity contribution is 7.99. The van der Waals surface area contributed by atoms with Gasteiger partial charge in [0.1, 0.15) is 0 Å². The molecule has 0 bridgehead atoms. The van der Waals surface area contributed by atoms with E-state index in [-0.39, 0.29) is 6.04 Å². The van der Waals surface area contributed by atoms with E-state index in [0.29, 0.717) is 0 Å². The lowest BCUT2D eigenvalue weighted by Gasteiger charge is -2.17. The maximum Gasteiger partial charge on any atom is 0.0761 e. The van der Waals surface area contributed by atoms with E-state index in [9.17, 15) is 0 Å². The van der Waals surface area contributed by atoms with Crippen molar-refractivity contribution in [2.75, 3.05) is 12.3 Å². The molecule has 0 spiro atoms. The Morgan fingerprint density at radius 2 is 2.10 bits per heavy atom. The Morgan fingerprint density at radius 3 is 2.70 bits per heavy atom. The molecule has 2 aromatic rings. The summed E-state index contributed by atoms with van der Waals surface area (Å²) in [5, 5.41) is 12.3. The third-order valence-electron chi connectivity index (χ3n) is 2.98. The van der Waals surface area contributed by atoms with Crippen molar-refractivity contribution in [2.24, 2.45) is 7.05 Å². The Bertz CT molecular complexity index is 526. The standard InChI is InChI=1S/C14H19ClN4S/c1-3-8-16-13(14-9-17-18-19(14)2)10-20-12-6-4-11(15)5-7-12/h4-7,9,13,16H,3,8,10H2,1-2H3. The molecular weight excluding hydrogens is 292 g/mol. The van der Waals surface area contributed by atoms with Crippen LogP contribution in [0.2, 0.25) is 5.02 Å². The smallest absolute Gasteiger partial charge is 0.0761 e. The van der Waals surface area contributed by atoms with Crippen LogP contribution in [0.5, 0.6) is 0 Å². The summed E-state index contributed by atoms with van der Waals surface area (Å²) in [4.78, 5) is 1.22. The minimum atomic E-state index is 0.246. The van der Waals surface area contributed by atoms with Crippen molar-refractivity contribution in [1.82, 2.24) is 20.3 Å². The van der Waals surface area contributed by atoms with Gasteiger partial charge in [0.2, 0.25) is 0 Å². The molecule has 1 aromatic heterocycles. The van der Waals surface area contributed by atoms with Crippen LogP contribution in [0.3, 0.4) is 0 Å². The quantitative estimate of drug-likeness (QED) is 0.797. The highest BCUT2D eigenvalue weighted by atomic mass is 35.5. The maximum atomic E-state index is 5.90. The second kappa shape index (κ2) is 7.67. The summed E-state index contributed by atoms with van der Waals surface area (Å²) in [5.74, 6) is 0.933. The molecular formula is C14H19ClN4S. The summed E-state index contributed by atoms with van der Waals surface area (Å²) >= 11 is 7.71. The van der Waals surface area contributed by atoms with Gasteiger partial charge in [-0.25, -0.2) is 0 Å². The summed E-state index contributed by atoms with van der Waals surface area (Å²) in [5.41, 5.74) is 1.11. The van der Waals surface area contributed by atoms with E-state index < -0.39 is 0 Å². The molecule has 2 rings (SSSR count). The molecule has 0 fully saturated rings. The van der Waals surface area contributed by atoms with Crippen molar-refractivity contribution in [3.63, 3.8) is 0 Å². The highest BCUT2D eigenvalue weighted by Crippen LogP contribution is 2.25. The highest BCUT2D eigenvalue weighted by Gasteiger charge is 2.15. The number of hydrogen-bond donors (Lipinski definition) is 1. The van der Waals surface area contributed by atoms with Gasteiger partial charge in [0, 0.05) is 22.7 Å². The average Bonchev–Trinajstić information content (AvgIpc) is 2.87. The fourth-order valence-electron chi connectivity index (χ4n) is 1.89. The van der Waals surface area contributed by atoms with Gasteiger partial charge < -0.3 is 5.32 Å². The summed E-state index contributed by atoms with van der Waals surface area (Å²) in [6, 6.07) is 8.18. The van der Waals surface area contributed by atoms with Gasteiger partial charge in [0.25, 0.3) is 0 Å². The van der Waals surface area contributed by atoms with Gasteiger partial charge in [0.05, 0.1) is 17.9 Å². The van der Waals surface area contributed by atoms with Gasteiger partial charge in [-0.2, -0.15) is 0 Å². The Hall–Kier alpha value is -1.04. The first-order valence-corrected chi connectivity index (χ1v) is 8.03. The predicted molar refractivity (Wildman–Crippen MR) is 84.2 cm³/mol. The molecule has 6 heteroatoms. The molecule has 20 heavy (non-hydrogen) atoms. The van der Waals surface area contributed by atoms with Crippen molar-refractivity contribution < 1.29 is 0 Å². The number of rotatable bonds is 7. The molecule has 0 saturated carbocycles. The molecule has 1 unspecified atom stereocenters. The van der Waals surface area contributed by atoms with Gasteiger partial charge >= 0.3 is 0 Å². The Morgan fingerprint density at radius 1 is 1.35 bits per heavy atom. The zero-order chi connectivity index (χ0) is 14.4. The van der Waals surface area contributed by atoms with Gasteiger partial charge in [-0.15, -0.1) is 16.9 Å². The van der Waals surface area contributed by atoms with Crippen LogP contribution >= 0.6 is 23.4 Å². The fourth-order valence-corrected chi connectivity index (χ4v) is 2.99. The van der Waals surface area contributed by atoms with Crippen LogP contribution in [0.1, 0.15) is 25.1 Å². The summed E-state index contributed by atoms with van der Waals surface area (Å²) in [6.07, 6.45) is 2.93. The van der Waals surface area contributed by atoms with Crippen LogP contribution in [-0.4, -0.2) is 27.3 Å². The number of thioether (sulfide) groups is 1. The molecule has 1 aromatic carbocycles. The van der Waals surface area contributed by atoms with Crippen LogP contribution in [0.25, 0.3) is 0 Å². The van der Waals surface area contributed by atoms with E-state index in [1.54, 1.807) is 11.8 Å². The first-order chi connectivity index (χ1) is 9.70. The van der Waals surface area contributed by atoms with Crippen molar-refractivity contribution in [1.29, 1.82) is 0 Å². The lowest BCUT2D eigenvalue weighted by atomic mass is 10.2. The molecule has 0 amide bonds. The van der Waals surface area contributed by atoms with Crippen LogP contribution < -0.4 is 5.32 Å². The largest absolute Gasteiger partial charge is 0.308 e. The maximum absolute atomic E-state index is 5.90. The van der Waals surface area contributed by atoms with Crippen LogP contribution in [0.15, 0.2) is 35.4 Å². The average molecular weight is 311 g/mol. The molecule has 1 heterocycles. The predicted octanol–water partition coefficient (Wildman–Crippen LogP) is 3.30. The van der Waals surface area contributed by atoms with Gasteiger partial charge in [-0.3, -0.25) is 4.68 Å². The molecule has 0 aliphatic heterocycles. The number of nitrogens with one attached hydrogen (secondary N) is 1. The molecule has 4 nitrogen and oxygen atoms in total. The number of benzene rings is 1. The zero-order valence-electron chi connectivity index (χ0n) is 11.7. The number of halogens is 1. The van der Waals surface area contributed by atoms with Crippen LogP contribution in [0, 0.1) is 0 Å².